The molecular weight excluding hydrogens is 331 g/mol. The third-order valence-corrected chi connectivity index (χ3v) is 5.51. The summed E-state index contributed by atoms with van der Waals surface area (Å²) in [5.74, 6) is 0.125. The largest absolute Gasteiger partial charge is 0.508 e. The number of aromatic hydroxyl groups is 1. The number of aromatic nitrogens is 1. The number of amides is 1. The summed E-state index contributed by atoms with van der Waals surface area (Å²) >= 11 is 0. The second-order valence-corrected chi connectivity index (χ2v) is 7.01. The number of rotatable bonds is 2. The third kappa shape index (κ3) is 2.64. The van der Waals surface area contributed by atoms with E-state index in [9.17, 15) is 14.3 Å². The highest BCUT2D eigenvalue weighted by atomic mass is 19.1. The number of carbonyl (C=O) groups excluding carboxylic acids is 1. The Morgan fingerprint density at radius 2 is 1.92 bits per heavy atom. The molecule has 1 N–H and O–H groups in total. The molecule has 1 aliphatic heterocycles. The van der Waals surface area contributed by atoms with Crippen molar-refractivity contribution in [3.05, 3.63) is 65.1 Å². The number of fused-ring (bicyclic) bond motifs is 1. The van der Waals surface area contributed by atoms with Gasteiger partial charge in [-0.25, -0.2) is 4.39 Å². The minimum absolute atomic E-state index is 0.0108. The summed E-state index contributed by atoms with van der Waals surface area (Å²) in [7, 11) is 1.93. The first kappa shape index (κ1) is 16.6. The molecule has 2 aromatic carbocycles. The Morgan fingerprint density at radius 3 is 2.65 bits per heavy atom. The van der Waals surface area contributed by atoms with Gasteiger partial charge < -0.3 is 14.6 Å². The molecular formula is C21H21FN2O2. The van der Waals surface area contributed by atoms with Gasteiger partial charge in [-0.1, -0.05) is 12.1 Å². The van der Waals surface area contributed by atoms with Gasteiger partial charge in [0.05, 0.1) is 5.56 Å². The summed E-state index contributed by atoms with van der Waals surface area (Å²) in [6.45, 7) is 3.23. The van der Waals surface area contributed by atoms with Gasteiger partial charge in [0.1, 0.15) is 11.6 Å². The van der Waals surface area contributed by atoms with Crippen LogP contribution in [0.15, 0.2) is 42.5 Å². The molecule has 3 aromatic rings. The first-order chi connectivity index (χ1) is 12.5. The molecule has 0 radical (unpaired) electrons. The van der Waals surface area contributed by atoms with Crippen molar-refractivity contribution in [1.29, 1.82) is 0 Å². The Labute approximate surface area is 151 Å². The Morgan fingerprint density at radius 1 is 1.19 bits per heavy atom. The SMILES string of the molecule is Cc1c(C(=O)N2CCC(c3ccc(F)cc3)C2)c2cc(O)ccc2n1C. The summed E-state index contributed by atoms with van der Waals surface area (Å²) in [6.07, 6.45) is 0.867. The monoisotopic (exact) mass is 352 g/mol. The predicted octanol–water partition coefficient (Wildman–Crippen LogP) is 3.96. The van der Waals surface area contributed by atoms with E-state index in [1.165, 1.54) is 12.1 Å². The van der Waals surface area contributed by atoms with Gasteiger partial charge >= 0.3 is 0 Å². The summed E-state index contributed by atoms with van der Waals surface area (Å²) in [6, 6.07) is 11.7. The third-order valence-electron chi connectivity index (χ3n) is 5.51. The minimum atomic E-state index is -0.245. The van der Waals surface area contributed by atoms with Crippen LogP contribution in [-0.4, -0.2) is 33.6 Å². The van der Waals surface area contributed by atoms with Crippen LogP contribution in [0, 0.1) is 12.7 Å². The molecule has 1 unspecified atom stereocenters. The van der Waals surface area contributed by atoms with Crippen LogP contribution in [0.1, 0.15) is 34.0 Å². The Balaban J connectivity index is 1.65. The van der Waals surface area contributed by atoms with E-state index in [4.69, 9.17) is 0 Å². The molecule has 1 amide bonds. The molecule has 2 heterocycles. The zero-order chi connectivity index (χ0) is 18.4. The van der Waals surface area contributed by atoms with Crippen molar-refractivity contribution in [1.82, 2.24) is 9.47 Å². The van der Waals surface area contributed by atoms with Gasteiger partial charge in [-0.3, -0.25) is 4.79 Å². The van der Waals surface area contributed by atoms with Crippen LogP contribution in [0.4, 0.5) is 4.39 Å². The average molecular weight is 352 g/mol. The lowest BCUT2D eigenvalue weighted by molar-refractivity contribution is 0.0791. The summed E-state index contributed by atoms with van der Waals surface area (Å²) in [5.41, 5.74) is 3.53. The summed E-state index contributed by atoms with van der Waals surface area (Å²) in [5, 5.41) is 10.6. The Kier molecular flexibility index (Phi) is 3.94. The van der Waals surface area contributed by atoms with E-state index < -0.39 is 0 Å². The number of carbonyl (C=O) groups is 1. The van der Waals surface area contributed by atoms with Crippen LogP contribution in [0.3, 0.4) is 0 Å². The van der Waals surface area contributed by atoms with E-state index in [1.807, 2.05) is 29.5 Å². The van der Waals surface area contributed by atoms with Crippen molar-refractivity contribution in [2.45, 2.75) is 19.3 Å². The number of halogens is 1. The molecule has 0 bridgehead atoms. The van der Waals surface area contributed by atoms with E-state index in [0.29, 0.717) is 18.7 Å². The number of likely N-dealkylation sites (tertiary alicyclic amines) is 1. The van der Waals surface area contributed by atoms with E-state index in [0.717, 1.165) is 28.6 Å². The van der Waals surface area contributed by atoms with Crippen LogP contribution in [0.5, 0.6) is 5.75 Å². The number of aryl methyl sites for hydroxylation is 1. The molecule has 26 heavy (non-hydrogen) atoms. The van der Waals surface area contributed by atoms with Crippen molar-refractivity contribution in [2.75, 3.05) is 13.1 Å². The quantitative estimate of drug-likeness (QED) is 0.759. The first-order valence-electron chi connectivity index (χ1n) is 8.78. The van der Waals surface area contributed by atoms with E-state index >= 15 is 0 Å². The fraction of sp³-hybridized carbons (Fsp3) is 0.286. The molecule has 4 rings (SSSR count). The number of phenolic OH excluding ortho intramolecular Hbond substituents is 1. The van der Waals surface area contributed by atoms with Crippen LogP contribution in [-0.2, 0) is 7.05 Å². The molecule has 0 aliphatic carbocycles. The van der Waals surface area contributed by atoms with E-state index in [1.54, 1.807) is 24.3 Å². The van der Waals surface area contributed by atoms with E-state index in [2.05, 4.69) is 0 Å². The molecule has 134 valence electrons. The molecule has 0 saturated carbocycles. The van der Waals surface area contributed by atoms with Gasteiger partial charge in [0.15, 0.2) is 0 Å². The lowest BCUT2D eigenvalue weighted by Gasteiger charge is -2.17. The first-order valence-corrected chi connectivity index (χ1v) is 8.78. The molecule has 1 aromatic heterocycles. The number of benzene rings is 2. The molecule has 1 aliphatic rings. The zero-order valence-corrected chi connectivity index (χ0v) is 14.9. The fourth-order valence-electron chi connectivity index (χ4n) is 3.94. The maximum absolute atomic E-state index is 13.2. The predicted molar refractivity (Wildman–Crippen MR) is 99.0 cm³/mol. The summed E-state index contributed by atoms with van der Waals surface area (Å²) in [4.78, 5) is 15.1. The molecule has 4 nitrogen and oxygen atoms in total. The second-order valence-electron chi connectivity index (χ2n) is 7.01. The number of hydrogen-bond acceptors (Lipinski definition) is 2. The van der Waals surface area contributed by atoms with Gasteiger partial charge in [0.25, 0.3) is 5.91 Å². The lowest BCUT2D eigenvalue weighted by Crippen LogP contribution is -2.29. The van der Waals surface area contributed by atoms with Crippen LogP contribution in [0.2, 0.25) is 0 Å². The number of hydrogen-bond donors (Lipinski definition) is 1. The van der Waals surface area contributed by atoms with Gasteiger partial charge in [-0.05, 0) is 49.2 Å². The number of nitrogens with zero attached hydrogens (tertiary/aromatic N) is 2. The smallest absolute Gasteiger partial charge is 0.256 e. The fourth-order valence-corrected chi connectivity index (χ4v) is 3.94. The van der Waals surface area contributed by atoms with E-state index in [-0.39, 0.29) is 23.4 Å². The molecule has 0 spiro atoms. The van der Waals surface area contributed by atoms with Crippen molar-refractivity contribution in [3.8, 4) is 5.75 Å². The highest BCUT2D eigenvalue weighted by molar-refractivity contribution is 6.08. The van der Waals surface area contributed by atoms with Crippen molar-refractivity contribution >= 4 is 16.8 Å². The lowest BCUT2D eigenvalue weighted by atomic mass is 9.98. The summed E-state index contributed by atoms with van der Waals surface area (Å²) < 4.78 is 15.1. The van der Waals surface area contributed by atoms with Crippen LogP contribution >= 0.6 is 0 Å². The molecule has 1 atom stereocenters. The van der Waals surface area contributed by atoms with Gasteiger partial charge in [-0.15, -0.1) is 0 Å². The maximum atomic E-state index is 13.2. The molecule has 1 saturated heterocycles. The van der Waals surface area contributed by atoms with Gasteiger partial charge in [-0.2, -0.15) is 0 Å². The highest BCUT2D eigenvalue weighted by Crippen LogP contribution is 2.33. The second kappa shape index (κ2) is 6.16. The highest BCUT2D eigenvalue weighted by Gasteiger charge is 2.30. The normalized spacial score (nSPS) is 17.2. The van der Waals surface area contributed by atoms with Gasteiger partial charge in [0.2, 0.25) is 0 Å². The van der Waals surface area contributed by atoms with Crippen LogP contribution < -0.4 is 0 Å². The standard InChI is InChI=1S/C21H21FN2O2/c1-13-20(18-11-17(25)7-8-19(18)23(13)2)21(26)24-10-9-15(12-24)14-3-5-16(22)6-4-14/h3-8,11,15,25H,9-10,12H2,1-2H3. The number of phenols is 1. The van der Waals surface area contributed by atoms with Crippen LogP contribution in [0.25, 0.3) is 10.9 Å². The molecule has 1 fully saturated rings. The minimum Gasteiger partial charge on any atom is -0.508 e. The maximum Gasteiger partial charge on any atom is 0.256 e. The average Bonchev–Trinajstić information content (AvgIpc) is 3.20. The molecule has 5 heteroatoms. The van der Waals surface area contributed by atoms with Crippen molar-refractivity contribution in [3.63, 3.8) is 0 Å². The van der Waals surface area contributed by atoms with Crippen molar-refractivity contribution in [2.24, 2.45) is 7.05 Å². The topological polar surface area (TPSA) is 45.5 Å². The van der Waals surface area contributed by atoms with Gasteiger partial charge in [0, 0.05) is 42.7 Å². The van der Waals surface area contributed by atoms with Crippen molar-refractivity contribution < 1.29 is 14.3 Å². The Hall–Kier alpha value is -2.82. The Bertz CT molecular complexity index is 991. The zero-order valence-electron chi connectivity index (χ0n) is 14.9.